The van der Waals surface area contributed by atoms with Gasteiger partial charge in [-0.1, -0.05) is 6.07 Å². The van der Waals surface area contributed by atoms with Crippen molar-refractivity contribution in [3.8, 4) is 11.5 Å². The van der Waals surface area contributed by atoms with Gasteiger partial charge in [0.2, 0.25) is 11.9 Å². The summed E-state index contributed by atoms with van der Waals surface area (Å²) in [7, 11) is 1.58. The molecule has 41 heavy (non-hydrogen) atoms. The van der Waals surface area contributed by atoms with Crippen molar-refractivity contribution in [1.29, 1.82) is 0 Å². The third kappa shape index (κ3) is 6.87. The van der Waals surface area contributed by atoms with Crippen molar-refractivity contribution in [3.05, 3.63) is 60.6 Å². The van der Waals surface area contributed by atoms with Gasteiger partial charge in [-0.15, -0.1) is 0 Å². The van der Waals surface area contributed by atoms with E-state index < -0.39 is 17.5 Å². The fourth-order valence-corrected chi connectivity index (χ4v) is 4.80. The Morgan fingerprint density at radius 1 is 1.22 bits per heavy atom. The molecule has 13 heteroatoms. The molecule has 216 valence electrons. The average Bonchev–Trinajstić information content (AvgIpc) is 3.61. The van der Waals surface area contributed by atoms with Gasteiger partial charge in [-0.05, 0) is 44.0 Å². The first-order valence-corrected chi connectivity index (χ1v) is 13.3. The van der Waals surface area contributed by atoms with Crippen molar-refractivity contribution < 1.29 is 28.2 Å². The van der Waals surface area contributed by atoms with Crippen molar-refractivity contribution in [2.75, 3.05) is 44.0 Å². The molecule has 1 saturated heterocycles. The number of methoxy groups -OCH3 is 1. The summed E-state index contributed by atoms with van der Waals surface area (Å²) in [6.45, 7) is 2.32. The highest BCUT2D eigenvalue weighted by molar-refractivity contribution is 5.90. The number of benzene rings is 2. The maximum atomic E-state index is 13.8. The lowest BCUT2D eigenvalue weighted by Crippen LogP contribution is -2.33. The Kier molecular flexibility index (Phi) is 8.85. The number of aliphatic hydroxyl groups is 1. The van der Waals surface area contributed by atoms with Crippen molar-refractivity contribution in [2.24, 2.45) is 0 Å². The van der Waals surface area contributed by atoms with Gasteiger partial charge in [0.15, 0.2) is 23.1 Å². The third-order valence-corrected chi connectivity index (χ3v) is 6.84. The first-order valence-electron chi connectivity index (χ1n) is 13.3. The van der Waals surface area contributed by atoms with E-state index in [1.807, 2.05) is 6.07 Å². The summed E-state index contributed by atoms with van der Waals surface area (Å²) < 4.78 is 40.1. The van der Waals surface area contributed by atoms with Gasteiger partial charge >= 0.3 is 0 Å². The zero-order chi connectivity index (χ0) is 28.8. The van der Waals surface area contributed by atoms with Crippen LogP contribution < -0.4 is 20.1 Å². The molecular weight excluding hydrogens is 536 g/mol. The van der Waals surface area contributed by atoms with E-state index in [1.54, 1.807) is 25.6 Å². The zero-order valence-electron chi connectivity index (χ0n) is 22.5. The minimum atomic E-state index is -1.12. The number of aromatic nitrogens is 4. The quantitative estimate of drug-likeness (QED) is 0.220. The van der Waals surface area contributed by atoms with Crippen molar-refractivity contribution in [3.63, 3.8) is 0 Å². The van der Waals surface area contributed by atoms with Crippen LogP contribution in [0.5, 0.6) is 11.5 Å². The fourth-order valence-electron chi connectivity index (χ4n) is 4.80. The van der Waals surface area contributed by atoms with E-state index in [1.165, 1.54) is 23.0 Å². The van der Waals surface area contributed by atoms with Crippen LogP contribution in [0, 0.1) is 11.6 Å². The highest BCUT2D eigenvalue weighted by Gasteiger charge is 2.23. The van der Waals surface area contributed by atoms with Crippen LogP contribution in [0.3, 0.4) is 0 Å². The molecule has 5 rings (SSSR count). The summed E-state index contributed by atoms with van der Waals surface area (Å²) in [6.07, 6.45) is 7.67. The molecule has 3 heterocycles. The summed E-state index contributed by atoms with van der Waals surface area (Å²) in [5.74, 6) is -1.28. The number of hydrogen-bond donors (Lipinski definition) is 3. The standard InChI is InChI=1S/C28H31F2N7O4/c1-40-24-11-18-13-31-28(35-23(18)12-25(24)41-10-4-9-36-8-3-5-20(36)17-38)33-19-14-32-37(15-19)16-26(39)34-22-7-2-6-21(29)27(22)30/h2,6-7,11-15,20,38H,3-5,8-10,16-17H2,1H3,(H,34,39)(H,31,33,35)/t20-/m1/s1. The largest absolute Gasteiger partial charge is 0.493 e. The number of aliphatic hydroxyl groups excluding tert-OH is 1. The number of rotatable bonds is 12. The Labute approximate surface area is 235 Å². The van der Waals surface area contributed by atoms with Crippen LogP contribution in [0.25, 0.3) is 10.9 Å². The topological polar surface area (TPSA) is 127 Å². The van der Waals surface area contributed by atoms with Crippen LogP contribution in [0.4, 0.5) is 26.1 Å². The van der Waals surface area contributed by atoms with Crippen molar-refractivity contribution >= 4 is 34.1 Å². The summed E-state index contributed by atoms with van der Waals surface area (Å²) >= 11 is 0. The fraction of sp³-hybridized carbons (Fsp3) is 0.357. The van der Waals surface area contributed by atoms with Crippen LogP contribution in [0.2, 0.25) is 0 Å². The maximum absolute atomic E-state index is 13.8. The summed E-state index contributed by atoms with van der Waals surface area (Å²) in [5.41, 5.74) is 0.927. The average molecular weight is 568 g/mol. The van der Waals surface area contributed by atoms with E-state index in [4.69, 9.17) is 9.47 Å². The molecule has 0 unspecified atom stereocenters. The van der Waals surface area contributed by atoms with Crippen LogP contribution in [-0.2, 0) is 11.3 Å². The summed E-state index contributed by atoms with van der Waals surface area (Å²) in [5, 5.41) is 19.8. The van der Waals surface area contributed by atoms with Gasteiger partial charge in [-0.3, -0.25) is 14.4 Å². The molecule has 1 aliphatic rings. The molecule has 2 aromatic carbocycles. The third-order valence-electron chi connectivity index (χ3n) is 6.84. The number of carbonyl (C=O) groups excluding carboxylic acids is 1. The van der Waals surface area contributed by atoms with Gasteiger partial charge in [-0.2, -0.15) is 5.10 Å². The molecule has 0 aliphatic carbocycles. The molecule has 0 saturated carbocycles. The highest BCUT2D eigenvalue weighted by atomic mass is 19.2. The van der Waals surface area contributed by atoms with Crippen LogP contribution in [-0.4, -0.2) is 75.1 Å². The van der Waals surface area contributed by atoms with E-state index >= 15 is 0 Å². The number of nitrogens with zero attached hydrogens (tertiary/aromatic N) is 5. The van der Waals surface area contributed by atoms with E-state index in [2.05, 4.69) is 30.6 Å². The molecular formula is C28H31F2N7O4. The number of carbonyl (C=O) groups is 1. The molecule has 1 fully saturated rings. The lowest BCUT2D eigenvalue weighted by Gasteiger charge is -2.22. The molecule has 1 amide bonds. The number of nitrogens with one attached hydrogen (secondary N) is 2. The Hall–Kier alpha value is -4.36. The first-order chi connectivity index (χ1) is 19.9. The zero-order valence-corrected chi connectivity index (χ0v) is 22.5. The predicted octanol–water partition coefficient (Wildman–Crippen LogP) is 3.72. The number of likely N-dealkylation sites (tertiary alicyclic amines) is 1. The normalized spacial score (nSPS) is 15.3. The smallest absolute Gasteiger partial charge is 0.246 e. The first kappa shape index (κ1) is 28.2. The Balaban J connectivity index is 1.20. The van der Waals surface area contributed by atoms with Crippen molar-refractivity contribution in [2.45, 2.75) is 31.8 Å². The number of amides is 1. The van der Waals surface area contributed by atoms with Gasteiger partial charge < -0.3 is 25.2 Å². The molecule has 3 N–H and O–H groups in total. The van der Waals surface area contributed by atoms with Crippen LogP contribution >= 0.6 is 0 Å². The Morgan fingerprint density at radius 2 is 2.10 bits per heavy atom. The van der Waals surface area contributed by atoms with Gasteiger partial charge in [0, 0.05) is 36.4 Å². The monoisotopic (exact) mass is 567 g/mol. The molecule has 11 nitrogen and oxygen atoms in total. The number of hydrogen-bond acceptors (Lipinski definition) is 9. The van der Waals surface area contributed by atoms with Crippen LogP contribution in [0.15, 0.2) is 48.9 Å². The summed E-state index contributed by atoms with van der Waals surface area (Å²) in [6, 6.07) is 7.41. The molecule has 1 atom stereocenters. The molecule has 0 radical (unpaired) electrons. The van der Waals surface area contributed by atoms with E-state index in [0.717, 1.165) is 43.8 Å². The SMILES string of the molecule is COc1cc2cnc(Nc3cnn(CC(=O)Nc4cccc(F)c4F)c3)nc2cc1OCCCN1CCC[C@@H]1CO. The molecule has 0 bridgehead atoms. The van der Waals surface area contributed by atoms with Gasteiger partial charge in [-0.25, -0.2) is 18.7 Å². The number of anilines is 3. The molecule has 4 aromatic rings. The Bertz CT molecular complexity index is 1520. The lowest BCUT2D eigenvalue weighted by molar-refractivity contribution is -0.116. The van der Waals surface area contributed by atoms with Crippen molar-refractivity contribution in [1.82, 2.24) is 24.6 Å². The predicted molar refractivity (Wildman–Crippen MR) is 148 cm³/mol. The van der Waals surface area contributed by atoms with E-state index in [0.29, 0.717) is 35.3 Å². The molecule has 1 aliphatic heterocycles. The highest BCUT2D eigenvalue weighted by Crippen LogP contribution is 2.32. The van der Waals surface area contributed by atoms with E-state index in [9.17, 15) is 18.7 Å². The molecule has 2 aromatic heterocycles. The number of ether oxygens (including phenoxy) is 2. The number of fused-ring (bicyclic) bond motifs is 1. The minimum absolute atomic E-state index is 0.184. The van der Waals surface area contributed by atoms with Gasteiger partial charge in [0.05, 0.1) is 43.4 Å². The van der Waals surface area contributed by atoms with Gasteiger partial charge in [0.25, 0.3) is 0 Å². The van der Waals surface area contributed by atoms with E-state index in [-0.39, 0.29) is 24.9 Å². The minimum Gasteiger partial charge on any atom is -0.493 e. The van der Waals surface area contributed by atoms with Crippen LogP contribution in [0.1, 0.15) is 19.3 Å². The lowest BCUT2D eigenvalue weighted by atomic mass is 10.2. The maximum Gasteiger partial charge on any atom is 0.246 e. The molecule has 0 spiro atoms. The Morgan fingerprint density at radius 3 is 2.93 bits per heavy atom. The van der Waals surface area contributed by atoms with Gasteiger partial charge in [0.1, 0.15) is 6.54 Å². The summed E-state index contributed by atoms with van der Waals surface area (Å²) in [4.78, 5) is 23.5. The second-order valence-electron chi connectivity index (χ2n) is 9.67. The second-order valence-corrected chi connectivity index (χ2v) is 9.67. The second kappa shape index (κ2) is 12.9. The number of halogens is 2.